The van der Waals surface area contributed by atoms with E-state index in [0.29, 0.717) is 0 Å². The van der Waals surface area contributed by atoms with Crippen LogP contribution in [0, 0.1) is 13.8 Å². The smallest absolute Gasteiger partial charge is 0.339 e. The molecule has 0 aromatic heterocycles. The van der Waals surface area contributed by atoms with E-state index in [4.69, 9.17) is 8.37 Å². The van der Waals surface area contributed by atoms with Crippen LogP contribution in [0.5, 0.6) is 11.5 Å². The van der Waals surface area contributed by atoms with Crippen molar-refractivity contribution < 1.29 is 25.2 Å². The third-order valence-electron chi connectivity index (χ3n) is 8.56. The van der Waals surface area contributed by atoms with Crippen LogP contribution < -0.4 is 8.37 Å². The zero-order chi connectivity index (χ0) is 32.8. The monoisotopic (exact) mass is 658 g/mol. The van der Waals surface area contributed by atoms with Gasteiger partial charge in [-0.25, -0.2) is 0 Å². The fraction of sp³-hybridized carbons (Fsp3) is 0.0769. The highest BCUT2D eigenvalue weighted by molar-refractivity contribution is 7.87. The molecular formula is C39H30O6S2. The van der Waals surface area contributed by atoms with Crippen LogP contribution in [0.15, 0.2) is 155 Å². The Labute approximate surface area is 275 Å². The molecule has 0 spiro atoms. The standard InChI is InChI=1S/C39H30O6S2/c1-27-11-23-33(24-12-27)46(40,41)44-31-19-15-29(16-20-31)39(37-9-5-3-7-35(37)36-8-4-6-10-38(36)39)30-17-21-32(22-18-30)45-47(42,43)34-25-13-28(2)14-26-34/h3-26H,1-2H3. The summed E-state index contributed by atoms with van der Waals surface area (Å²) >= 11 is 0. The molecule has 0 heterocycles. The van der Waals surface area contributed by atoms with E-state index in [2.05, 4.69) is 24.3 Å². The summed E-state index contributed by atoms with van der Waals surface area (Å²) in [5, 5.41) is 0. The van der Waals surface area contributed by atoms with Gasteiger partial charge in [-0.2, -0.15) is 16.8 Å². The Hall–Kier alpha value is -5.18. The molecule has 0 atom stereocenters. The summed E-state index contributed by atoms with van der Waals surface area (Å²) in [6.07, 6.45) is 0. The molecule has 47 heavy (non-hydrogen) atoms. The molecule has 0 unspecified atom stereocenters. The number of benzene rings is 6. The molecule has 1 aliphatic carbocycles. The summed E-state index contributed by atoms with van der Waals surface area (Å²) in [7, 11) is -8.06. The molecule has 8 heteroatoms. The molecule has 0 aliphatic heterocycles. The largest absolute Gasteiger partial charge is 0.379 e. The van der Waals surface area contributed by atoms with E-state index in [9.17, 15) is 16.8 Å². The van der Waals surface area contributed by atoms with Crippen molar-refractivity contribution in [2.45, 2.75) is 29.1 Å². The predicted molar refractivity (Wildman–Crippen MR) is 182 cm³/mol. The van der Waals surface area contributed by atoms with Gasteiger partial charge in [0.15, 0.2) is 0 Å². The molecule has 0 radical (unpaired) electrons. The van der Waals surface area contributed by atoms with Crippen molar-refractivity contribution in [2.75, 3.05) is 0 Å². The average molecular weight is 659 g/mol. The van der Waals surface area contributed by atoms with Gasteiger partial charge >= 0.3 is 20.2 Å². The van der Waals surface area contributed by atoms with Crippen molar-refractivity contribution in [3.63, 3.8) is 0 Å². The van der Waals surface area contributed by atoms with E-state index in [-0.39, 0.29) is 21.3 Å². The molecule has 6 aromatic carbocycles. The molecule has 234 valence electrons. The Morgan fingerprint density at radius 2 is 0.766 bits per heavy atom. The minimum atomic E-state index is -4.03. The molecule has 0 fully saturated rings. The number of hydrogen-bond donors (Lipinski definition) is 0. The minimum Gasteiger partial charge on any atom is -0.379 e. The van der Waals surface area contributed by atoms with Crippen molar-refractivity contribution in [3.05, 3.63) is 179 Å². The third-order valence-corrected chi connectivity index (χ3v) is 11.1. The van der Waals surface area contributed by atoms with Crippen LogP contribution in [-0.4, -0.2) is 16.8 Å². The number of hydrogen-bond acceptors (Lipinski definition) is 6. The van der Waals surface area contributed by atoms with Crippen molar-refractivity contribution in [1.29, 1.82) is 0 Å². The van der Waals surface area contributed by atoms with Crippen molar-refractivity contribution >= 4 is 20.2 Å². The second-order valence-electron chi connectivity index (χ2n) is 11.6. The number of fused-ring (bicyclic) bond motifs is 3. The van der Waals surface area contributed by atoms with E-state index in [1.54, 1.807) is 48.5 Å². The quantitative estimate of drug-likeness (QED) is 0.153. The van der Waals surface area contributed by atoms with Crippen LogP contribution >= 0.6 is 0 Å². The summed E-state index contributed by atoms with van der Waals surface area (Å²) in [5.41, 5.74) is 7.11. The Morgan fingerprint density at radius 1 is 0.426 bits per heavy atom. The van der Waals surface area contributed by atoms with Gasteiger partial charge < -0.3 is 8.37 Å². The van der Waals surface area contributed by atoms with E-state index >= 15 is 0 Å². The molecule has 0 saturated carbocycles. The maximum absolute atomic E-state index is 13.0. The number of rotatable bonds is 8. The highest BCUT2D eigenvalue weighted by Gasteiger charge is 2.46. The Kier molecular flexibility index (Phi) is 7.50. The first-order valence-corrected chi connectivity index (χ1v) is 17.8. The molecule has 7 rings (SSSR count). The van der Waals surface area contributed by atoms with Crippen LogP contribution in [0.25, 0.3) is 11.1 Å². The first kappa shape index (κ1) is 30.5. The van der Waals surface area contributed by atoms with Crippen LogP contribution in [-0.2, 0) is 25.7 Å². The Balaban J connectivity index is 1.31. The predicted octanol–water partition coefficient (Wildman–Crippen LogP) is 8.20. The van der Waals surface area contributed by atoms with E-state index in [1.165, 1.54) is 24.3 Å². The lowest BCUT2D eigenvalue weighted by molar-refractivity contribution is 0.484. The Bertz CT molecular complexity index is 2140. The molecule has 0 bridgehead atoms. The maximum atomic E-state index is 13.0. The van der Waals surface area contributed by atoms with Crippen LogP contribution in [0.3, 0.4) is 0 Å². The topological polar surface area (TPSA) is 86.7 Å². The highest BCUT2D eigenvalue weighted by atomic mass is 32.2. The minimum absolute atomic E-state index is 0.0778. The molecular weight excluding hydrogens is 629 g/mol. The first-order valence-electron chi connectivity index (χ1n) is 15.0. The fourth-order valence-corrected chi connectivity index (χ4v) is 8.16. The van der Waals surface area contributed by atoms with Crippen molar-refractivity contribution in [2.24, 2.45) is 0 Å². The van der Waals surface area contributed by atoms with Crippen LogP contribution in [0.1, 0.15) is 33.4 Å². The van der Waals surface area contributed by atoms with E-state index in [0.717, 1.165) is 44.5 Å². The second kappa shape index (κ2) is 11.6. The Morgan fingerprint density at radius 3 is 1.13 bits per heavy atom. The van der Waals surface area contributed by atoms with Gasteiger partial charge in [0.05, 0.1) is 5.41 Å². The lowest BCUT2D eigenvalue weighted by Crippen LogP contribution is -2.28. The molecule has 0 saturated heterocycles. The van der Waals surface area contributed by atoms with Gasteiger partial charge in [-0.1, -0.05) is 108 Å². The maximum Gasteiger partial charge on any atom is 0.339 e. The zero-order valence-corrected chi connectivity index (χ0v) is 27.3. The van der Waals surface area contributed by atoms with E-state index < -0.39 is 25.7 Å². The molecule has 6 aromatic rings. The lowest BCUT2D eigenvalue weighted by Gasteiger charge is -2.34. The number of aryl methyl sites for hydroxylation is 2. The molecule has 0 N–H and O–H groups in total. The summed E-state index contributed by atoms with van der Waals surface area (Å²) < 4.78 is 63.2. The third kappa shape index (κ3) is 5.39. The average Bonchev–Trinajstić information content (AvgIpc) is 3.37. The van der Waals surface area contributed by atoms with Gasteiger partial charge in [0.1, 0.15) is 21.3 Å². The summed E-state index contributed by atoms with van der Waals surface area (Å²) in [4.78, 5) is 0.156. The summed E-state index contributed by atoms with van der Waals surface area (Å²) in [6.45, 7) is 3.78. The SMILES string of the molecule is Cc1ccc(S(=O)(=O)Oc2ccc(C3(c4ccc(OS(=O)(=O)c5ccc(C)cc5)cc4)c4ccccc4-c4ccccc43)cc2)cc1. The van der Waals surface area contributed by atoms with Gasteiger partial charge in [-0.15, -0.1) is 0 Å². The van der Waals surface area contributed by atoms with Gasteiger partial charge in [0.25, 0.3) is 0 Å². The zero-order valence-electron chi connectivity index (χ0n) is 25.6. The fourth-order valence-electron chi connectivity index (χ4n) is 6.30. The van der Waals surface area contributed by atoms with Crippen molar-refractivity contribution in [1.82, 2.24) is 0 Å². The van der Waals surface area contributed by atoms with Crippen LogP contribution in [0.4, 0.5) is 0 Å². The lowest BCUT2D eigenvalue weighted by atomic mass is 9.68. The van der Waals surface area contributed by atoms with Gasteiger partial charge in [-0.05, 0) is 95.8 Å². The normalized spacial score (nSPS) is 13.4. The molecule has 0 amide bonds. The van der Waals surface area contributed by atoms with Gasteiger partial charge in [0, 0.05) is 0 Å². The molecule has 6 nitrogen and oxygen atoms in total. The van der Waals surface area contributed by atoms with Crippen LogP contribution in [0.2, 0.25) is 0 Å². The summed E-state index contributed by atoms with van der Waals surface area (Å²) in [5.74, 6) is 0.378. The summed E-state index contributed by atoms with van der Waals surface area (Å²) in [6, 6.07) is 43.6. The van der Waals surface area contributed by atoms with Crippen molar-refractivity contribution in [3.8, 4) is 22.6 Å². The van der Waals surface area contributed by atoms with Gasteiger partial charge in [0.2, 0.25) is 0 Å². The first-order chi connectivity index (χ1) is 22.6. The van der Waals surface area contributed by atoms with E-state index in [1.807, 2.05) is 62.4 Å². The van der Waals surface area contributed by atoms with Gasteiger partial charge in [-0.3, -0.25) is 0 Å². The molecule has 1 aliphatic rings. The highest BCUT2D eigenvalue weighted by Crippen LogP contribution is 2.56. The second-order valence-corrected chi connectivity index (χ2v) is 14.7.